The van der Waals surface area contributed by atoms with Crippen LogP contribution in [0, 0.1) is 6.92 Å². The van der Waals surface area contributed by atoms with Crippen LogP contribution in [0.1, 0.15) is 27.9 Å². The Morgan fingerprint density at radius 1 is 1.10 bits per heavy atom. The first-order chi connectivity index (χ1) is 10.1. The van der Waals surface area contributed by atoms with Crippen molar-refractivity contribution in [3.63, 3.8) is 0 Å². The first kappa shape index (κ1) is 14.8. The number of para-hydroxylation sites is 1. The van der Waals surface area contributed by atoms with Gasteiger partial charge in [-0.1, -0.05) is 42.0 Å². The molecular weight excluding hydrogens is 266 g/mol. The lowest BCUT2D eigenvalue weighted by molar-refractivity contribution is -0.116. The lowest BCUT2D eigenvalue weighted by Gasteiger charge is -2.08. The number of anilines is 1. The minimum atomic E-state index is -1.05. The molecule has 4 nitrogen and oxygen atoms in total. The van der Waals surface area contributed by atoms with E-state index in [2.05, 4.69) is 5.32 Å². The van der Waals surface area contributed by atoms with E-state index in [4.69, 9.17) is 5.11 Å². The summed E-state index contributed by atoms with van der Waals surface area (Å²) in [6.07, 6.45) is 0.945. The zero-order valence-corrected chi connectivity index (χ0v) is 11.8. The number of amides is 1. The molecule has 0 aliphatic heterocycles. The van der Waals surface area contributed by atoms with Crippen molar-refractivity contribution in [3.05, 3.63) is 65.2 Å². The van der Waals surface area contributed by atoms with Gasteiger partial charge in [-0.05, 0) is 31.0 Å². The van der Waals surface area contributed by atoms with Gasteiger partial charge in [0.05, 0.1) is 11.3 Å². The Balaban J connectivity index is 1.98. The van der Waals surface area contributed by atoms with Crippen molar-refractivity contribution >= 4 is 17.6 Å². The molecule has 2 rings (SSSR count). The minimum absolute atomic E-state index is 0.0985. The second-order valence-corrected chi connectivity index (χ2v) is 4.89. The zero-order chi connectivity index (χ0) is 15.2. The molecule has 0 fully saturated rings. The maximum Gasteiger partial charge on any atom is 0.337 e. The van der Waals surface area contributed by atoms with Gasteiger partial charge in [-0.3, -0.25) is 4.79 Å². The maximum atomic E-state index is 11.9. The second-order valence-electron chi connectivity index (χ2n) is 4.89. The molecule has 4 heteroatoms. The lowest BCUT2D eigenvalue weighted by Crippen LogP contribution is -2.15. The number of benzene rings is 2. The van der Waals surface area contributed by atoms with Crippen LogP contribution in [-0.4, -0.2) is 17.0 Å². The lowest BCUT2D eigenvalue weighted by atomic mass is 10.1. The highest BCUT2D eigenvalue weighted by Gasteiger charge is 2.11. The molecule has 0 unspecified atom stereocenters. The third-order valence-electron chi connectivity index (χ3n) is 3.15. The van der Waals surface area contributed by atoms with Gasteiger partial charge in [0.15, 0.2) is 0 Å². The number of hydrogen-bond donors (Lipinski definition) is 2. The van der Waals surface area contributed by atoms with E-state index < -0.39 is 5.97 Å². The van der Waals surface area contributed by atoms with E-state index in [0.717, 1.165) is 11.1 Å². The summed E-state index contributed by atoms with van der Waals surface area (Å²) in [6, 6.07) is 14.4. The number of carboxylic acid groups (broad SMARTS) is 1. The molecule has 0 spiro atoms. The van der Waals surface area contributed by atoms with E-state index in [0.29, 0.717) is 18.5 Å². The van der Waals surface area contributed by atoms with Crippen LogP contribution in [0.15, 0.2) is 48.5 Å². The maximum absolute atomic E-state index is 11.9. The van der Waals surface area contributed by atoms with Gasteiger partial charge in [-0.25, -0.2) is 4.79 Å². The monoisotopic (exact) mass is 283 g/mol. The largest absolute Gasteiger partial charge is 0.478 e. The first-order valence-corrected chi connectivity index (χ1v) is 6.74. The van der Waals surface area contributed by atoms with Crippen molar-refractivity contribution in [2.45, 2.75) is 19.8 Å². The van der Waals surface area contributed by atoms with E-state index in [1.54, 1.807) is 18.2 Å². The second kappa shape index (κ2) is 6.70. The molecule has 1 amide bonds. The summed E-state index contributed by atoms with van der Waals surface area (Å²) in [4.78, 5) is 23.0. The summed E-state index contributed by atoms with van der Waals surface area (Å²) in [5, 5.41) is 11.7. The number of carbonyl (C=O) groups excluding carboxylic acids is 1. The number of rotatable bonds is 5. The SMILES string of the molecule is Cc1cccc(CCC(=O)Nc2ccccc2C(=O)O)c1. The zero-order valence-electron chi connectivity index (χ0n) is 11.8. The molecule has 0 heterocycles. The quantitative estimate of drug-likeness (QED) is 0.885. The van der Waals surface area contributed by atoms with Crippen LogP contribution in [0.3, 0.4) is 0 Å². The molecule has 0 bridgehead atoms. The van der Waals surface area contributed by atoms with Gasteiger partial charge < -0.3 is 10.4 Å². The molecule has 2 N–H and O–H groups in total. The molecule has 2 aromatic rings. The molecule has 2 aromatic carbocycles. The van der Waals surface area contributed by atoms with Crippen molar-refractivity contribution < 1.29 is 14.7 Å². The van der Waals surface area contributed by atoms with Crippen LogP contribution in [0.2, 0.25) is 0 Å². The Morgan fingerprint density at radius 3 is 2.57 bits per heavy atom. The van der Waals surface area contributed by atoms with Crippen LogP contribution in [0.5, 0.6) is 0 Å². The van der Waals surface area contributed by atoms with Crippen LogP contribution in [0.4, 0.5) is 5.69 Å². The molecule has 0 saturated carbocycles. The highest BCUT2D eigenvalue weighted by Crippen LogP contribution is 2.15. The molecular formula is C17H17NO3. The number of hydrogen-bond acceptors (Lipinski definition) is 2. The molecule has 0 aromatic heterocycles. The summed E-state index contributed by atoms with van der Waals surface area (Å²) in [7, 11) is 0. The van der Waals surface area contributed by atoms with Crippen molar-refractivity contribution in [2.75, 3.05) is 5.32 Å². The van der Waals surface area contributed by atoms with Crippen molar-refractivity contribution in [1.29, 1.82) is 0 Å². The average Bonchev–Trinajstić information content (AvgIpc) is 2.45. The van der Waals surface area contributed by atoms with Crippen LogP contribution >= 0.6 is 0 Å². The van der Waals surface area contributed by atoms with Gasteiger partial charge in [-0.15, -0.1) is 0 Å². The first-order valence-electron chi connectivity index (χ1n) is 6.74. The predicted molar refractivity (Wildman–Crippen MR) is 81.5 cm³/mol. The van der Waals surface area contributed by atoms with Crippen LogP contribution in [-0.2, 0) is 11.2 Å². The molecule has 108 valence electrons. The topological polar surface area (TPSA) is 66.4 Å². The highest BCUT2D eigenvalue weighted by atomic mass is 16.4. The number of nitrogens with one attached hydrogen (secondary N) is 1. The molecule has 0 saturated heterocycles. The van der Waals surface area contributed by atoms with E-state index in [1.165, 1.54) is 6.07 Å². The van der Waals surface area contributed by atoms with E-state index in [1.807, 2.05) is 31.2 Å². The summed E-state index contributed by atoms with van der Waals surface area (Å²) < 4.78 is 0. The summed E-state index contributed by atoms with van der Waals surface area (Å²) >= 11 is 0. The summed E-state index contributed by atoms with van der Waals surface area (Å²) in [6.45, 7) is 2.01. The number of carboxylic acids is 1. The Labute approximate surface area is 123 Å². The normalized spacial score (nSPS) is 10.1. The smallest absolute Gasteiger partial charge is 0.337 e. The Morgan fingerprint density at radius 2 is 1.86 bits per heavy atom. The van der Waals surface area contributed by atoms with E-state index in [9.17, 15) is 9.59 Å². The van der Waals surface area contributed by atoms with E-state index >= 15 is 0 Å². The Kier molecular flexibility index (Phi) is 4.72. The van der Waals surface area contributed by atoms with Gasteiger partial charge in [0.25, 0.3) is 0 Å². The molecule has 21 heavy (non-hydrogen) atoms. The van der Waals surface area contributed by atoms with Crippen molar-refractivity contribution in [1.82, 2.24) is 0 Å². The molecule has 0 aliphatic carbocycles. The van der Waals surface area contributed by atoms with Gasteiger partial charge in [0, 0.05) is 6.42 Å². The number of carbonyl (C=O) groups is 2. The molecule has 0 atom stereocenters. The fourth-order valence-electron chi connectivity index (χ4n) is 2.12. The van der Waals surface area contributed by atoms with Gasteiger partial charge in [0.2, 0.25) is 5.91 Å². The molecule has 0 radical (unpaired) electrons. The number of aromatic carboxylic acids is 1. The van der Waals surface area contributed by atoms with Crippen LogP contribution < -0.4 is 5.32 Å². The Bertz CT molecular complexity index is 665. The Hall–Kier alpha value is -2.62. The fraction of sp³-hybridized carbons (Fsp3) is 0.176. The fourth-order valence-corrected chi connectivity index (χ4v) is 2.12. The standard InChI is InChI=1S/C17H17NO3/c1-12-5-4-6-13(11-12)9-10-16(19)18-15-8-3-2-7-14(15)17(20)21/h2-8,11H,9-10H2,1H3,(H,18,19)(H,20,21). The van der Waals surface area contributed by atoms with Gasteiger partial charge in [-0.2, -0.15) is 0 Å². The van der Waals surface area contributed by atoms with Crippen molar-refractivity contribution in [3.8, 4) is 0 Å². The third kappa shape index (κ3) is 4.18. The van der Waals surface area contributed by atoms with E-state index in [-0.39, 0.29) is 11.5 Å². The van der Waals surface area contributed by atoms with Crippen LogP contribution in [0.25, 0.3) is 0 Å². The summed E-state index contributed by atoms with van der Waals surface area (Å²) in [5.41, 5.74) is 2.68. The highest BCUT2D eigenvalue weighted by molar-refractivity contribution is 6.00. The summed E-state index contributed by atoms with van der Waals surface area (Å²) in [5.74, 6) is -1.24. The third-order valence-corrected chi connectivity index (χ3v) is 3.15. The average molecular weight is 283 g/mol. The van der Waals surface area contributed by atoms with Gasteiger partial charge in [0.1, 0.15) is 0 Å². The van der Waals surface area contributed by atoms with Crippen molar-refractivity contribution in [2.24, 2.45) is 0 Å². The molecule has 0 aliphatic rings. The predicted octanol–water partition coefficient (Wildman–Crippen LogP) is 3.26. The number of aryl methyl sites for hydroxylation is 2. The minimum Gasteiger partial charge on any atom is -0.478 e. The van der Waals surface area contributed by atoms with Gasteiger partial charge >= 0.3 is 5.97 Å².